The van der Waals surface area contributed by atoms with Crippen molar-refractivity contribution < 1.29 is 9.53 Å². The Morgan fingerprint density at radius 1 is 1.47 bits per heavy atom. The van der Waals surface area contributed by atoms with E-state index >= 15 is 0 Å². The summed E-state index contributed by atoms with van der Waals surface area (Å²) in [6.45, 7) is 2.92. The Kier molecular flexibility index (Phi) is 7.95. The van der Waals surface area contributed by atoms with Crippen molar-refractivity contribution in [1.82, 2.24) is 20.1 Å². The molecule has 5 unspecified atom stereocenters. The summed E-state index contributed by atoms with van der Waals surface area (Å²) in [5, 5.41) is 8.85. The summed E-state index contributed by atoms with van der Waals surface area (Å²) in [7, 11) is 3.88. The molecule has 0 aromatic carbocycles. The normalized spacial score (nSPS) is 27.8. The first-order valence-corrected chi connectivity index (χ1v) is 10.6. The van der Waals surface area contributed by atoms with Crippen LogP contribution in [-0.4, -0.2) is 84.8 Å². The Hall–Kier alpha value is -1.85. The maximum Gasteiger partial charge on any atom is 0.234 e. The number of nitrogens with two attached hydrogens (primary N) is 1. The molecular formula is C19H30ClN7O3. The van der Waals surface area contributed by atoms with Gasteiger partial charge in [0.1, 0.15) is 23.5 Å². The number of anilines is 1. The number of rotatable bonds is 7. The number of halogens is 1. The number of hydrogen-bond acceptors (Lipinski definition) is 9. The fraction of sp³-hybridized carbons (Fsp3) is 0.684. The third kappa shape index (κ3) is 5.64. The molecule has 1 aromatic rings. The smallest absolute Gasteiger partial charge is 0.234 e. The molecule has 5 atom stereocenters. The lowest BCUT2D eigenvalue weighted by Crippen LogP contribution is -2.62. The number of ether oxygens (including phenoxy) is 1. The number of nitroso groups, excluding NO2 is 1. The Bertz CT molecular complexity index is 740. The van der Waals surface area contributed by atoms with Gasteiger partial charge in [0.15, 0.2) is 6.17 Å². The topological polar surface area (TPSA) is 125 Å². The molecule has 0 aliphatic carbocycles. The van der Waals surface area contributed by atoms with Gasteiger partial charge in [-0.15, -0.1) is 16.5 Å². The van der Waals surface area contributed by atoms with Crippen LogP contribution in [0.4, 0.5) is 5.69 Å². The Morgan fingerprint density at radius 2 is 2.27 bits per heavy atom. The molecule has 4 N–H and O–H groups in total. The summed E-state index contributed by atoms with van der Waals surface area (Å²) in [6.07, 6.45) is 3.48. The van der Waals surface area contributed by atoms with Gasteiger partial charge in [-0.25, -0.2) is 0 Å². The van der Waals surface area contributed by atoms with Crippen molar-refractivity contribution in [3.63, 3.8) is 0 Å². The molecule has 166 valence electrons. The molecule has 10 nitrogen and oxygen atoms in total. The predicted molar refractivity (Wildman–Crippen MR) is 115 cm³/mol. The van der Waals surface area contributed by atoms with E-state index in [0.29, 0.717) is 24.5 Å². The maximum absolute atomic E-state index is 13.2. The predicted octanol–water partition coefficient (Wildman–Crippen LogP) is 0.629. The minimum Gasteiger partial charge on any atom is -0.487 e. The second-order valence-corrected chi connectivity index (χ2v) is 8.63. The van der Waals surface area contributed by atoms with Gasteiger partial charge in [0, 0.05) is 31.9 Å². The summed E-state index contributed by atoms with van der Waals surface area (Å²) in [5.74, 6) is -0.806. The van der Waals surface area contributed by atoms with E-state index in [1.54, 1.807) is 12.3 Å². The van der Waals surface area contributed by atoms with Crippen LogP contribution in [0, 0.1) is 10.8 Å². The minimum absolute atomic E-state index is 0.0308. The van der Waals surface area contributed by atoms with Crippen LogP contribution < -0.4 is 21.1 Å². The highest BCUT2D eigenvalue weighted by Gasteiger charge is 2.40. The molecule has 0 spiro atoms. The number of nitrogens with one attached hydrogen (secondary N) is 2. The molecule has 2 fully saturated rings. The molecule has 0 bridgehead atoms. The zero-order valence-corrected chi connectivity index (χ0v) is 18.1. The largest absolute Gasteiger partial charge is 0.487 e. The first kappa shape index (κ1) is 22.8. The standard InChI is InChI=1S/C19H30ClN7O3/c1-26-7-3-4-13(11-26)30-15-5-6-22-9-14(15)24-19(28)16(17(21)25-29)18-23-8-12(20)10-27(18)2/h5-6,9,12-13,16-18,23H,3-4,7-8,10-11,21H2,1-2H3,(H,24,28). The lowest BCUT2D eigenvalue weighted by atomic mass is 9.98. The van der Waals surface area contributed by atoms with Gasteiger partial charge in [-0.05, 0) is 33.5 Å². The van der Waals surface area contributed by atoms with Crippen molar-refractivity contribution in [1.29, 1.82) is 0 Å². The average Bonchev–Trinajstić information content (AvgIpc) is 2.71. The van der Waals surface area contributed by atoms with Gasteiger partial charge in [0.2, 0.25) is 5.91 Å². The van der Waals surface area contributed by atoms with E-state index in [-0.39, 0.29) is 11.5 Å². The van der Waals surface area contributed by atoms with Gasteiger partial charge in [-0.1, -0.05) is 5.18 Å². The van der Waals surface area contributed by atoms with Crippen LogP contribution in [0.15, 0.2) is 23.6 Å². The molecule has 2 aliphatic heterocycles. The van der Waals surface area contributed by atoms with Crippen molar-refractivity contribution in [2.45, 2.75) is 36.7 Å². The molecule has 0 radical (unpaired) electrons. The molecule has 1 amide bonds. The van der Waals surface area contributed by atoms with Crippen LogP contribution in [0.1, 0.15) is 12.8 Å². The number of amides is 1. The molecule has 3 rings (SSSR count). The second kappa shape index (κ2) is 10.5. The number of pyridine rings is 1. The molecule has 2 aliphatic rings. The fourth-order valence-corrected chi connectivity index (χ4v) is 4.34. The van der Waals surface area contributed by atoms with E-state index < -0.39 is 24.2 Å². The first-order valence-electron chi connectivity index (χ1n) is 10.1. The first-order chi connectivity index (χ1) is 14.4. The van der Waals surface area contributed by atoms with Crippen molar-refractivity contribution in [3.8, 4) is 5.75 Å². The summed E-state index contributed by atoms with van der Waals surface area (Å²) in [5.41, 5.74) is 6.35. The van der Waals surface area contributed by atoms with Crippen LogP contribution >= 0.6 is 11.6 Å². The lowest BCUT2D eigenvalue weighted by Gasteiger charge is -2.40. The van der Waals surface area contributed by atoms with E-state index in [1.807, 2.05) is 11.9 Å². The Labute approximate surface area is 181 Å². The molecule has 2 saturated heterocycles. The lowest BCUT2D eigenvalue weighted by molar-refractivity contribution is -0.123. The summed E-state index contributed by atoms with van der Waals surface area (Å²) < 4.78 is 6.15. The van der Waals surface area contributed by atoms with Gasteiger partial charge in [-0.2, -0.15) is 0 Å². The number of alkyl halides is 1. The van der Waals surface area contributed by atoms with Crippen molar-refractivity contribution in [3.05, 3.63) is 23.4 Å². The molecular weight excluding hydrogens is 410 g/mol. The van der Waals surface area contributed by atoms with Gasteiger partial charge >= 0.3 is 0 Å². The van der Waals surface area contributed by atoms with Crippen molar-refractivity contribution >= 4 is 23.2 Å². The summed E-state index contributed by atoms with van der Waals surface area (Å²) >= 11 is 6.18. The Balaban J connectivity index is 1.75. The SMILES string of the molecule is CN1CCCC(Oc2ccncc2NC(=O)C(C(N)N=O)C2NCC(Cl)CN2C)C1. The molecule has 1 aromatic heterocycles. The number of carbonyl (C=O) groups is 1. The van der Waals surface area contributed by atoms with E-state index in [1.165, 1.54) is 6.20 Å². The van der Waals surface area contributed by atoms with Gasteiger partial charge in [-0.3, -0.25) is 20.0 Å². The van der Waals surface area contributed by atoms with Crippen molar-refractivity contribution in [2.24, 2.45) is 16.8 Å². The quantitative estimate of drug-likeness (QED) is 0.417. The summed E-state index contributed by atoms with van der Waals surface area (Å²) in [6, 6.07) is 1.72. The van der Waals surface area contributed by atoms with Crippen LogP contribution in [-0.2, 0) is 4.79 Å². The number of nitrogens with zero attached hydrogens (tertiary/aromatic N) is 4. The minimum atomic E-state index is -1.22. The third-order valence-electron chi connectivity index (χ3n) is 5.56. The summed E-state index contributed by atoms with van der Waals surface area (Å²) in [4.78, 5) is 32.6. The van der Waals surface area contributed by atoms with Crippen LogP contribution in [0.25, 0.3) is 0 Å². The molecule has 30 heavy (non-hydrogen) atoms. The van der Waals surface area contributed by atoms with Crippen LogP contribution in [0.5, 0.6) is 5.75 Å². The highest BCUT2D eigenvalue weighted by atomic mass is 35.5. The monoisotopic (exact) mass is 439 g/mol. The number of piperidine rings is 1. The van der Waals surface area contributed by atoms with Gasteiger partial charge in [0.25, 0.3) is 0 Å². The number of likely N-dealkylation sites (tertiary alicyclic amines) is 1. The molecule has 11 heteroatoms. The van der Waals surface area contributed by atoms with Crippen LogP contribution in [0.3, 0.4) is 0 Å². The highest BCUT2D eigenvalue weighted by molar-refractivity contribution is 6.21. The molecule has 3 heterocycles. The zero-order valence-electron chi connectivity index (χ0n) is 17.3. The van der Waals surface area contributed by atoms with Crippen LogP contribution in [0.2, 0.25) is 0 Å². The van der Waals surface area contributed by atoms with E-state index in [0.717, 1.165) is 25.9 Å². The second-order valence-electron chi connectivity index (χ2n) is 8.02. The van der Waals surface area contributed by atoms with Gasteiger partial charge < -0.3 is 20.7 Å². The zero-order chi connectivity index (χ0) is 21.7. The average molecular weight is 440 g/mol. The number of likely N-dealkylation sites (N-methyl/N-ethyl adjacent to an activating group) is 1. The number of hydrogen-bond donors (Lipinski definition) is 3. The van der Waals surface area contributed by atoms with E-state index in [2.05, 4.69) is 32.7 Å². The third-order valence-corrected chi connectivity index (χ3v) is 5.85. The Morgan fingerprint density at radius 3 is 2.97 bits per heavy atom. The number of aromatic nitrogens is 1. The van der Waals surface area contributed by atoms with Crippen molar-refractivity contribution in [2.75, 3.05) is 45.6 Å². The molecule has 0 saturated carbocycles. The maximum atomic E-state index is 13.2. The fourth-order valence-electron chi connectivity index (χ4n) is 4.04. The van der Waals surface area contributed by atoms with E-state index in [9.17, 15) is 9.70 Å². The van der Waals surface area contributed by atoms with Gasteiger partial charge in [0.05, 0.1) is 17.7 Å². The number of carbonyl (C=O) groups excluding carboxylic acids is 1. The van der Waals surface area contributed by atoms with E-state index in [4.69, 9.17) is 22.1 Å². The highest BCUT2D eigenvalue weighted by Crippen LogP contribution is 2.28.